The summed E-state index contributed by atoms with van der Waals surface area (Å²) in [6.45, 7) is 1.67. The number of aromatic nitrogens is 1. The van der Waals surface area contributed by atoms with E-state index in [1.54, 1.807) is 16.8 Å². The van der Waals surface area contributed by atoms with Gasteiger partial charge in [0.25, 0.3) is 0 Å². The SMILES string of the molecule is O=C1CCCN1Cc1cncs1. The zero-order valence-electron chi connectivity index (χ0n) is 6.69. The summed E-state index contributed by atoms with van der Waals surface area (Å²) >= 11 is 1.61. The van der Waals surface area contributed by atoms with Crippen LogP contribution in [0.3, 0.4) is 0 Å². The van der Waals surface area contributed by atoms with E-state index in [0.717, 1.165) is 25.9 Å². The predicted octanol–water partition coefficient (Wildman–Crippen LogP) is 1.27. The largest absolute Gasteiger partial charge is 0.337 e. The third kappa shape index (κ3) is 1.48. The third-order valence-electron chi connectivity index (χ3n) is 2.00. The maximum absolute atomic E-state index is 11.2. The lowest BCUT2D eigenvalue weighted by atomic mass is 10.4. The molecule has 2 rings (SSSR count). The molecule has 0 atom stereocenters. The molecule has 2 heterocycles. The maximum atomic E-state index is 11.2. The van der Waals surface area contributed by atoms with Crippen molar-refractivity contribution in [1.29, 1.82) is 0 Å². The van der Waals surface area contributed by atoms with Crippen LogP contribution in [0, 0.1) is 0 Å². The summed E-state index contributed by atoms with van der Waals surface area (Å²) in [4.78, 5) is 18.2. The van der Waals surface area contributed by atoms with Gasteiger partial charge in [0, 0.05) is 24.0 Å². The number of likely N-dealkylation sites (tertiary alicyclic amines) is 1. The monoisotopic (exact) mass is 182 g/mol. The van der Waals surface area contributed by atoms with E-state index in [2.05, 4.69) is 4.98 Å². The summed E-state index contributed by atoms with van der Waals surface area (Å²) in [7, 11) is 0. The number of carbonyl (C=O) groups is 1. The molecule has 0 radical (unpaired) electrons. The lowest BCUT2D eigenvalue weighted by molar-refractivity contribution is -0.128. The van der Waals surface area contributed by atoms with Crippen LogP contribution in [0.5, 0.6) is 0 Å². The van der Waals surface area contributed by atoms with E-state index < -0.39 is 0 Å². The van der Waals surface area contributed by atoms with Crippen molar-refractivity contribution < 1.29 is 4.79 Å². The second-order valence-electron chi connectivity index (χ2n) is 2.89. The molecule has 1 aliphatic rings. The van der Waals surface area contributed by atoms with Crippen LogP contribution in [0.25, 0.3) is 0 Å². The van der Waals surface area contributed by atoms with Crippen molar-refractivity contribution in [3.8, 4) is 0 Å². The highest BCUT2D eigenvalue weighted by Gasteiger charge is 2.20. The quantitative estimate of drug-likeness (QED) is 0.690. The topological polar surface area (TPSA) is 33.2 Å². The highest BCUT2D eigenvalue weighted by atomic mass is 32.1. The molecule has 1 saturated heterocycles. The second-order valence-corrected chi connectivity index (χ2v) is 3.86. The molecule has 0 N–H and O–H groups in total. The molecule has 0 aliphatic carbocycles. The van der Waals surface area contributed by atoms with Gasteiger partial charge in [-0.3, -0.25) is 9.78 Å². The van der Waals surface area contributed by atoms with Crippen LogP contribution in [-0.4, -0.2) is 22.3 Å². The van der Waals surface area contributed by atoms with Crippen molar-refractivity contribution in [3.05, 3.63) is 16.6 Å². The average molecular weight is 182 g/mol. The average Bonchev–Trinajstić information content (AvgIpc) is 2.65. The summed E-state index contributed by atoms with van der Waals surface area (Å²) in [6, 6.07) is 0. The van der Waals surface area contributed by atoms with Crippen molar-refractivity contribution in [2.75, 3.05) is 6.54 Å². The van der Waals surface area contributed by atoms with E-state index in [9.17, 15) is 4.79 Å². The fourth-order valence-electron chi connectivity index (χ4n) is 1.38. The number of thiazole rings is 1. The molecule has 1 aliphatic heterocycles. The highest BCUT2D eigenvalue weighted by Crippen LogP contribution is 2.15. The zero-order chi connectivity index (χ0) is 8.39. The fourth-order valence-corrected chi connectivity index (χ4v) is 1.99. The smallest absolute Gasteiger partial charge is 0.222 e. The Morgan fingerprint density at radius 1 is 1.67 bits per heavy atom. The molecule has 1 amide bonds. The Labute approximate surface area is 75.0 Å². The minimum absolute atomic E-state index is 0.281. The zero-order valence-corrected chi connectivity index (χ0v) is 7.51. The van der Waals surface area contributed by atoms with Gasteiger partial charge in [-0.1, -0.05) is 0 Å². The number of nitrogens with zero attached hydrogens (tertiary/aromatic N) is 2. The van der Waals surface area contributed by atoms with Gasteiger partial charge in [0.1, 0.15) is 0 Å². The van der Waals surface area contributed by atoms with Gasteiger partial charge in [0.2, 0.25) is 5.91 Å². The number of rotatable bonds is 2. The van der Waals surface area contributed by atoms with E-state index in [-0.39, 0.29) is 5.91 Å². The van der Waals surface area contributed by atoms with Gasteiger partial charge in [-0.25, -0.2) is 0 Å². The number of carbonyl (C=O) groups excluding carboxylic acids is 1. The Morgan fingerprint density at radius 2 is 2.58 bits per heavy atom. The van der Waals surface area contributed by atoms with Gasteiger partial charge in [-0.2, -0.15) is 0 Å². The third-order valence-corrected chi connectivity index (χ3v) is 2.77. The van der Waals surface area contributed by atoms with Crippen LogP contribution in [0.4, 0.5) is 0 Å². The van der Waals surface area contributed by atoms with Gasteiger partial charge in [0.15, 0.2) is 0 Å². The molecule has 1 fully saturated rings. The van der Waals surface area contributed by atoms with Crippen LogP contribution in [0.2, 0.25) is 0 Å². The van der Waals surface area contributed by atoms with Gasteiger partial charge in [-0.05, 0) is 6.42 Å². The first-order valence-electron chi connectivity index (χ1n) is 4.01. The van der Waals surface area contributed by atoms with Gasteiger partial charge < -0.3 is 4.90 Å². The molecule has 0 aromatic carbocycles. The van der Waals surface area contributed by atoms with Gasteiger partial charge in [0.05, 0.1) is 12.1 Å². The maximum Gasteiger partial charge on any atom is 0.222 e. The molecular formula is C8H10N2OS. The fraction of sp³-hybridized carbons (Fsp3) is 0.500. The Morgan fingerprint density at radius 3 is 3.17 bits per heavy atom. The van der Waals surface area contributed by atoms with E-state index in [1.165, 1.54) is 4.88 Å². The Kier molecular flexibility index (Phi) is 2.08. The van der Waals surface area contributed by atoms with Crippen molar-refractivity contribution in [3.63, 3.8) is 0 Å². The number of hydrogen-bond acceptors (Lipinski definition) is 3. The molecule has 0 spiro atoms. The van der Waals surface area contributed by atoms with Crippen LogP contribution in [0.15, 0.2) is 11.7 Å². The lowest BCUT2D eigenvalue weighted by Gasteiger charge is -2.12. The second kappa shape index (κ2) is 3.23. The lowest BCUT2D eigenvalue weighted by Crippen LogP contribution is -2.23. The van der Waals surface area contributed by atoms with E-state index in [1.807, 2.05) is 11.1 Å². The minimum Gasteiger partial charge on any atom is -0.337 e. The molecular weight excluding hydrogens is 172 g/mol. The molecule has 64 valence electrons. The standard InChI is InChI=1S/C8H10N2OS/c11-8-2-1-3-10(8)5-7-4-9-6-12-7/h4,6H,1-3,5H2. The first kappa shape index (κ1) is 7.73. The summed E-state index contributed by atoms with van der Waals surface area (Å²) in [5.41, 5.74) is 1.80. The number of amides is 1. The molecule has 3 nitrogen and oxygen atoms in total. The van der Waals surface area contributed by atoms with Crippen LogP contribution < -0.4 is 0 Å². The molecule has 1 aromatic rings. The highest BCUT2D eigenvalue weighted by molar-refractivity contribution is 7.09. The van der Waals surface area contributed by atoms with Gasteiger partial charge >= 0.3 is 0 Å². The molecule has 0 bridgehead atoms. The van der Waals surface area contributed by atoms with Crippen LogP contribution in [0.1, 0.15) is 17.7 Å². The summed E-state index contributed by atoms with van der Waals surface area (Å²) < 4.78 is 0. The van der Waals surface area contributed by atoms with Crippen molar-refractivity contribution in [1.82, 2.24) is 9.88 Å². The molecule has 1 aromatic heterocycles. The van der Waals surface area contributed by atoms with E-state index >= 15 is 0 Å². The predicted molar refractivity (Wildman–Crippen MR) is 46.8 cm³/mol. The van der Waals surface area contributed by atoms with E-state index in [4.69, 9.17) is 0 Å². The van der Waals surface area contributed by atoms with Crippen molar-refractivity contribution in [2.24, 2.45) is 0 Å². The minimum atomic E-state index is 0.281. The summed E-state index contributed by atoms with van der Waals surface area (Å²) in [5, 5.41) is 0. The van der Waals surface area contributed by atoms with Crippen LogP contribution >= 0.6 is 11.3 Å². The van der Waals surface area contributed by atoms with Crippen LogP contribution in [-0.2, 0) is 11.3 Å². The normalized spacial score (nSPS) is 17.3. The van der Waals surface area contributed by atoms with Crippen molar-refractivity contribution in [2.45, 2.75) is 19.4 Å². The first-order chi connectivity index (χ1) is 5.86. The van der Waals surface area contributed by atoms with Crippen molar-refractivity contribution >= 4 is 17.2 Å². The van der Waals surface area contributed by atoms with Gasteiger partial charge in [-0.15, -0.1) is 11.3 Å². The summed E-state index contributed by atoms with van der Waals surface area (Å²) in [6.07, 6.45) is 3.56. The van der Waals surface area contributed by atoms with E-state index in [0.29, 0.717) is 0 Å². The Bertz CT molecular complexity index is 271. The molecule has 4 heteroatoms. The molecule has 0 unspecified atom stereocenters. The molecule has 0 saturated carbocycles. The Balaban J connectivity index is 1.99. The molecule has 12 heavy (non-hydrogen) atoms. The Hall–Kier alpha value is -0.900. The summed E-state index contributed by atoms with van der Waals surface area (Å²) in [5.74, 6) is 0.281. The first-order valence-corrected chi connectivity index (χ1v) is 4.89. The number of hydrogen-bond donors (Lipinski definition) is 0.